The molecule has 31 heavy (non-hydrogen) atoms. The van der Waals surface area contributed by atoms with Crippen molar-refractivity contribution in [3.8, 4) is 0 Å². The van der Waals surface area contributed by atoms with Crippen molar-refractivity contribution in [2.24, 2.45) is 0 Å². The molecule has 4 aromatic rings. The fraction of sp³-hybridized carbons (Fsp3) is 0.125. The van der Waals surface area contributed by atoms with Gasteiger partial charge in [0.25, 0.3) is 0 Å². The first-order valence-corrected chi connectivity index (χ1v) is 10.3. The van der Waals surface area contributed by atoms with Gasteiger partial charge in [0.2, 0.25) is 5.89 Å². The Hall–Kier alpha value is -3.64. The number of carbonyl (C=O) groups excluding carboxylic acids is 1. The number of nitrogens with one attached hydrogen (secondary N) is 2. The van der Waals surface area contributed by atoms with E-state index >= 15 is 0 Å². The number of aromatic nitrogens is 2. The van der Waals surface area contributed by atoms with E-state index in [9.17, 15) is 4.79 Å². The monoisotopic (exact) mass is 432 g/mol. The Morgan fingerprint density at radius 1 is 0.903 bits per heavy atom. The number of nitrogens with zero attached hydrogens (tertiary/aromatic N) is 2. The maximum absolute atomic E-state index is 12.5. The smallest absolute Gasteiger partial charge is 0.308 e. The highest BCUT2D eigenvalue weighted by Gasteiger charge is 2.23. The zero-order chi connectivity index (χ0) is 21.5. The Balaban J connectivity index is 1.48. The van der Waals surface area contributed by atoms with Crippen molar-refractivity contribution in [2.45, 2.75) is 12.5 Å². The van der Waals surface area contributed by atoms with E-state index in [4.69, 9.17) is 16.0 Å². The maximum Gasteiger partial charge on any atom is 0.308 e. The summed E-state index contributed by atoms with van der Waals surface area (Å²) >= 11 is 6.04. The second-order valence-corrected chi connectivity index (χ2v) is 7.37. The lowest BCUT2D eigenvalue weighted by Crippen LogP contribution is -2.26. The third-order valence-corrected chi connectivity index (χ3v) is 4.96. The van der Waals surface area contributed by atoms with Crippen LogP contribution in [0.1, 0.15) is 33.7 Å². The van der Waals surface area contributed by atoms with E-state index in [2.05, 4.69) is 20.8 Å². The van der Waals surface area contributed by atoms with Crippen molar-refractivity contribution in [3.63, 3.8) is 0 Å². The van der Waals surface area contributed by atoms with Gasteiger partial charge in [-0.15, -0.1) is 10.2 Å². The molecule has 156 valence electrons. The number of anilines is 1. The van der Waals surface area contributed by atoms with E-state index in [1.165, 1.54) is 0 Å². The van der Waals surface area contributed by atoms with Gasteiger partial charge in [0, 0.05) is 17.3 Å². The number of rotatable bonds is 8. The molecule has 1 aromatic heterocycles. The van der Waals surface area contributed by atoms with Gasteiger partial charge in [0.15, 0.2) is 0 Å². The maximum atomic E-state index is 12.5. The zero-order valence-corrected chi connectivity index (χ0v) is 17.4. The van der Waals surface area contributed by atoms with Crippen LogP contribution in [0.4, 0.5) is 5.69 Å². The Morgan fingerprint density at radius 3 is 2.29 bits per heavy atom. The summed E-state index contributed by atoms with van der Waals surface area (Å²) in [7, 11) is 0. The van der Waals surface area contributed by atoms with Crippen molar-refractivity contribution in [2.75, 3.05) is 11.9 Å². The first-order valence-electron chi connectivity index (χ1n) is 9.91. The van der Waals surface area contributed by atoms with Gasteiger partial charge < -0.3 is 15.1 Å². The van der Waals surface area contributed by atoms with Crippen LogP contribution in [-0.4, -0.2) is 22.6 Å². The minimum absolute atomic E-state index is 0.0723. The molecule has 0 fully saturated rings. The van der Waals surface area contributed by atoms with Gasteiger partial charge >= 0.3 is 11.8 Å². The summed E-state index contributed by atoms with van der Waals surface area (Å²) in [6.07, 6.45) is 0.719. The molecule has 1 atom stereocenters. The molecule has 0 saturated carbocycles. The zero-order valence-electron chi connectivity index (χ0n) is 16.7. The average molecular weight is 433 g/mol. The van der Waals surface area contributed by atoms with Gasteiger partial charge in [-0.05, 0) is 41.8 Å². The minimum Gasteiger partial charge on any atom is -0.414 e. The van der Waals surface area contributed by atoms with E-state index in [0.717, 1.165) is 23.2 Å². The fourth-order valence-corrected chi connectivity index (χ4v) is 3.25. The molecule has 4 rings (SSSR count). The van der Waals surface area contributed by atoms with Crippen LogP contribution in [-0.2, 0) is 6.42 Å². The van der Waals surface area contributed by atoms with Crippen molar-refractivity contribution in [1.82, 2.24) is 15.5 Å². The van der Waals surface area contributed by atoms with Crippen molar-refractivity contribution < 1.29 is 9.21 Å². The summed E-state index contributed by atoms with van der Waals surface area (Å²) in [5.41, 5.74) is 2.91. The van der Waals surface area contributed by atoms with Crippen LogP contribution in [0.3, 0.4) is 0 Å². The number of carbonyl (C=O) groups is 1. The minimum atomic E-state index is -0.432. The quantitative estimate of drug-likeness (QED) is 0.414. The van der Waals surface area contributed by atoms with E-state index in [0.29, 0.717) is 17.5 Å². The predicted molar refractivity (Wildman–Crippen MR) is 120 cm³/mol. The Kier molecular flexibility index (Phi) is 6.59. The molecule has 3 aromatic carbocycles. The molecule has 7 heteroatoms. The normalized spacial score (nSPS) is 11.6. The second kappa shape index (κ2) is 9.91. The summed E-state index contributed by atoms with van der Waals surface area (Å²) in [5, 5.41) is 14.9. The number of benzene rings is 3. The topological polar surface area (TPSA) is 80.0 Å². The second-order valence-electron chi connectivity index (χ2n) is 6.93. The highest BCUT2D eigenvalue weighted by molar-refractivity contribution is 6.30. The SMILES string of the molecule is O=C(NCCc1ccccc1)c1nnc(C(Nc2ccccc2)c2ccc(Cl)cc2)o1. The van der Waals surface area contributed by atoms with Crippen LogP contribution in [0.2, 0.25) is 5.02 Å². The molecule has 0 radical (unpaired) electrons. The lowest BCUT2D eigenvalue weighted by molar-refractivity contribution is 0.0917. The summed E-state index contributed by atoms with van der Waals surface area (Å²) < 4.78 is 5.74. The lowest BCUT2D eigenvalue weighted by atomic mass is 10.1. The molecule has 6 nitrogen and oxygen atoms in total. The summed E-state index contributed by atoms with van der Waals surface area (Å²) in [6, 6.07) is 26.5. The molecule has 1 heterocycles. The Morgan fingerprint density at radius 2 is 1.58 bits per heavy atom. The third kappa shape index (κ3) is 5.49. The molecule has 0 aliphatic rings. The van der Waals surface area contributed by atoms with E-state index in [1.807, 2.05) is 72.8 Å². The van der Waals surface area contributed by atoms with Crippen LogP contribution < -0.4 is 10.6 Å². The number of para-hydroxylation sites is 1. The molecule has 2 N–H and O–H groups in total. The van der Waals surface area contributed by atoms with Crippen molar-refractivity contribution in [1.29, 1.82) is 0 Å². The number of halogens is 1. The van der Waals surface area contributed by atoms with Gasteiger partial charge in [-0.2, -0.15) is 0 Å². The number of hydrogen-bond donors (Lipinski definition) is 2. The van der Waals surface area contributed by atoms with Gasteiger partial charge in [-0.3, -0.25) is 4.79 Å². The molecule has 1 unspecified atom stereocenters. The molecule has 1 amide bonds. The van der Waals surface area contributed by atoms with E-state index in [1.54, 1.807) is 12.1 Å². The molecular weight excluding hydrogens is 412 g/mol. The van der Waals surface area contributed by atoms with Crippen LogP contribution >= 0.6 is 11.6 Å². The molecular formula is C24H21ClN4O2. The van der Waals surface area contributed by atoms with Crippen LogP contribution in [0.5, 0.6) is 0 Å². The van der Waals surface area contributed by atoms with Gasteiger partial charge in [0.1, 0.15) is 6.04 Å². The van der Waals surface area contributed by atoms with Gasteiger partial charge in [-0.25, -0.2) is 0 Å². The van der Waals surface area contributed by atoms with Crippen molar-refractivity contribution >= 4 is 23.2 Å². The molecule has 0 spiro atoms. The molecule has 0 aliphatic carbocycles. The van der Waals surface area contributed by atoms with Crippen LogP contribution in [0, 0.1) is 0 Å². The molecule has 0 saturated heterocycles. The standard InChI is InChI=1S/C24H21ClN4O2/c25-19-13-11-18(12-14-19)21(27-20-9-5-2-6-10-20)23-28-29-24(31-23)22(30)26-16-15-17-7-3-1-4-8-17/h1-14,21,27H,15-16H2,(H,26,30). The Bertz CT molecular complexity index is 1120. The highest BCUT2D eigenvalue weighted by Crippen LogP contribution is 2.27. The summed E-state index contributed by atoms with van der Waals surface area (Å²) in [4.78, 5) is 12.5. The molecule has 0 aliphatic heterocycles. The average Bonchev–Trinajstić information content (AvgIpc) is 3.30. The first-order chi connectivity index (χ1) is 15.2. The van der Waals surface area contributed by atoms with E-state index < -0.39 is 11.9 Å². The predicted octanol–water partition coefficient (Wildman–Crippen LogP) is 4.90. The van der Waals surface area contributed by atoms with Crippen molar-refractivity contribution in [3.05, 3.63) is 113 Å². The summed E-state index contributed by atoms with van der Waals surface area (Å²) in [6.45, 7) is 0.476. The van der Waals surface area contributed by atoms with Gasteiger partial charge in [-0.1, -0.05) is 72.3 Å². The highest BCUT2D eigenvalue weighted by atomic mass is 35.5. The number of amides is 1. The number of hydrogen-bond acceptors (Lipinski definition) is 5. The lowest BCUT2D eigenvalue weighted by Gasteiger charge is -2.17. The third-order valence-electron chi connectivity index (χ3n) is 4.71. The fourth-order valence-electron chi connectivity index (χ4n) is 3.13. The molecule has 0 bridgehead atoms. The van der Waals surface area contributed by atoms with Crippen LogP contribution in [0.25, 0.3) is 0 Å². The Labute approximate surface area is 185 Å². The summed E-state index contributed by atoms with van der Waals surface area (Å²) in [5.74, 6) is -0.180. The largest absolute Gasteiger partial charge is 0.414 e. The van der Waals surface area contributed by atoms with E-state index in [-0.39, 0.29) is 5.89 Å². The first kappa shape index (κ1) is 20.6. The van der Waals surface area contributed by atoms with Crippen LogP contribution in [0.15, 0.2) is 89.3 Å². The van der Waals surface area contributed by atoms with Gasteiger partial charge in [0.05, 0.1) is 0 Å².